The van der Waals surface area contributed by atoms with Crippen molar-refractivity contribution in [2.24, 2.45) is 11.8 Å². The van der Waals surface area contributed by atoms with Gasteiger partial charge >= 0.3 is 0 Å². The standard InChI is InChI=1S/C19H26N2O/c1-3-4-10-15-17(13-8-6-5-7-9-13)19(22)16-11-14(12-20)18(15)21(16)2/h5-9,14-19,22H,3-4,10-11H2,1-2H3/t14-,15-,16-,17-,18+,19+/m1/s1. The van der Waals surface area contributed by atoms with Crippen LogP contribution in [0.3, 0.4) is 0 Å². The van der Waals surface area contributed by atoms with Crippen LogP contribution in [0.2, 0.25) is 0 Å². The fraction of sp³-hybridized carbons (Fsp3) is 0.632. The van der Waals surface area contributed by atoms with Crippen LogP contribution in [-0.4, -0.2) is 35.2 Å². The zero-order valence-corrected chi connectivity index (χ0v) is 13.5. The Morgan fingerprint density at radius 1 is 1.32 bits per heavy atom. The number of fused-ring (bicyclic) bond motifs is 2. The largest absolute Gasteiger partial charge is 0.391 e. The first-order chi connectivity index (χ1) is 10.7. The molecule has 0 unspecified atom stereocenters. The summed E-state index contributed by atoms with van der Waals surface area (Å²) in [5.41, 5.74) is 1.23. The molecule has 1 N–H and O–H groups in total. The number of piperidine rings is 1. The minimum absolute atomic E-state index is 0.0558. The highest BCUT2D eigenvalue weighted by Crippen LogP contribution is 2.50. The van der Waals surface area contributed by atoms with Crippen LogP contribution in [0.1, 0.15) is 44.1 Å². The van der Waals surface area contributed by atoms with Crippen molar-refractivity contribution in [2.45, 2.75) is 56.7 Å². The maximum absolute atomic E-state index is 11.0. The van der Waals surface area contributed by atoms with Crippen molar-refractivity contribution in [1.82, 2.24) is 4.90 Å². The fourth-order valence-electron chi connectivity index (χ4n) is 4.80. The quantitative estimate of drug-likeness (QED) is 0.929. The van der Waals surface area contributed by atoms with Crippen LogP contribution in [-0.2, 0) is 0 Å². The SMILES string of the molecule is CCCC[C@@H]1[C@@H](c2ccccc2)[C@@H](O)[C@H]2C[C@H](C#N)[C@@H]1N2C. The lowest BCUT2D eigenvalue weighted by Gasteiger charge is -2.47. The Balaban J connectivity index is 1.98. The van der Waals surface area contributed by atoms with Crippen LogP contribution in [0.25, 0.3) is 0 Å². The number of aliphatic hydroxyl groups excluding tert-OH is 1. The number of hydrogen-bond acceptors (Lipinski definition) is 3. The summed E-state index contributed by atoms with van der Waals surface area (Å²) >= 11 is 0. The lowest BCUT2D eigenvalue weighted by molar-refractivity contribution is -0.0275. The third-order valence-corrected chi connectivity index (χ3v) is 5.80. The maximum Gasteiger partial charge on any atom is 0.0767 e. The Morgan fingerprint density at radius 3 is 2.68 bits per heavy atom. The average Bonchev–Trinajstić information content (AvgIpc) is 2.81. The monoisotopic (exact) mass is 298 g/mol. The molecule has 1 aromatic carbocycles. The number of nitriles is 1. The van der Waals surface area contributed by atoms with E-state index in [1.54, 1.807) is 0 Å². The van der Waals surface area contributed by atoms with E-state index >= 15 is 0 Å². The van der Waals surface area contributed by atoms with E-state index in [-0.39, 0.29) is 30.0 Å². The van der Waals surface area contributed by atoms with Crippen molar-refractivity contribution in [2.75, 3.05) is 7.05 Å². The van der Waals surface area contributed by atoms with Crippen molar-refractivity contribution in [3.05, 3.63) is 35.9 Å². The van der Waals surface area contributed by atoms with E-state index in [1.165, 1.54) is 5.56 Å². The van der Waals surface area contributed by atoms with Gasteiger partial charge in [-0.25, -0.2) is 0 Å². The van der Waals surface area contributed by atoms with Crippen molar-refractivity contribution >= 4 is 0 Å². The number of unbranched alkanes of at least 4 members (excludes halogenated alkanes) is 1. The van der Waals surface area contributed by atoms with Gasteiger partial charge in [0.2, 0.25) is 0 Å². The van der Waals surface area contributed by atoms with E-state index in [9.17, 15) is 10.4 Å². The minimum atomic E-state index is -0.371. The van der Waals surface area contributed by atoms with E-state index in [2.05, 4.69) is 49.2 Å². The molecule has 3 rings (SSSR count). The third kappa shape index (κ3) is 2.45. The molecule has 2 saturated heterocycles. The van der Waals surface area contributed by atoms with Crippen LogP contribution < -0.4 is 0 Å². The summed E-state index contributed by atoms with van der Waals surface area (Å²) in [5.74, 6) is 0.586. The van der Waals surface area contributed by atoms with Gasteiger partial charge in [-0.2, -0.15) is 5.26 Å². The molecule has 0 radical (unpaired) electrons. The van der Waals surface area contributed by atoms with Gasteiger partial charge in [0.05, 0.1) is 18.1 Å². The topological polar surface area (TPSA) is 47.3 Å². The lowest BCUT2D eigenvalue weighted by atomic mass is 9.71. The third-order valence-electron chi connectivity index (χ3n) is 5.80. The van der Waals surface area contributed by atoms with Gasteiger partial charge in [0, 0.05) is 18.0 Å². The maximum atomic E-state index is 11.0. The summed E-state index contributed by atoms with van der Waals surface area (Å²) in [6, 6.07) is 13.3. The summed E-state index contributed by atoms with van der Waals surface area (Å²) in [4.78, 5) is 2.29. The number of aliphatic hydroxyl groups is 1. The number of rotatable bonds is 4. The van der Waals surface area contributed by atoms with Gasteiger partial charge in [0.25, 0.3) is 0 Å². The van der Waals surface area contributed by atoms with Gasteiger partial charge in [-0.1, -0.05) is 50.1 Å². The first-order valence-electron chi connectivity index (χ1n) is 8.53. The smallest absolute Gasteiger partial charge is 0.0767 e. The molecule has 0 aliphatic carbocycles. The van der Waals surface area contributed by atoms with Crippen molar-refractivity contribution in [3.8, 4) is 6.07 Å². The van der Waals surface area contributed by atoms with Crippen molar-refractivity contribution < 1.29 is 5.11 Å². The van der Waals surface area contributed by atoms with Gasteiger partial charge in [0.1, 0.15) is 0 Å². The Kier molecular flexibility index (Phi) is 4.52. The van der Waals surface area contributed by atoms with Gasteiger partial charge < -0.3 is 5.11 Å². The van der Waals surface area contributed by atoms with Crippen LogP contribution in [0.15, 0.2) is 30.3 Å². The van der Waals surface area contributed by atoms with E-state index in [0.29, 0.717) is 5.92 Å². The Morgan fingerprint density at radius 2 is 2.05 bits per heavy atom. The summed E-state index contributed by atoms with van der Waals surface area (Å²) in [6.07, 6.45) is 3.85. The summed E-state index contributed by atoms with van der Waals surface area (Å²) in [6.45, 7) is 2.21. The fourth-order valence-corrected chi connectivity index (χ4v) is 4.80. The van der Waals surface area contributed by atoms with E-state index < -0.39 is 0 Å². The summed E-state index contributed by atoms with van der Waals surface area (Å²) < 4.78 is 0. The molecule has 2 aliphatic heterocycles. The molecule has 1 aromatic rings. The molecular weight excluding hydrogens is 272 g/mol. The summed E-state index contributed by atoms with van der Waals surface area (Å²) in [7, 11) is 2.09. The Labute approximate surface area is 133 Å². The van der Waals surface area contributed by atoms with Crippen LogP contribution in [0, 0.1) is 23.2 Å². The van der Waals surface area contributed by atoms with E-state index in [0.717, 1.165) is 25.7 Å². The number of nitrogens with zero attached hydrogens (tertiary/aromatic N) is 2. The average molecular weight is 298 g/mol. The second kappa shape index (κ2) is 6.40. The highest BCUT2D eigenvalue weighted by Gasteiger charge is 2.55. The number of hydrogen-bond donors (Lipinski definition) is 1. The Hall–Kier alpha value is -1.37. The summed E-state index contributed by atoms with van der Waals surface area (Å²) in [5, 5.41) is 20.6. The molecule has 118 valence electrons. The van der Waals surface area contributed by atoms with Gasteiger partial charge in [0.15, 0.2) is 0 Å². The second-order valence-electron chi connectivity index (χ2n) is 6.93. The molecule has 2 aliphatic rings. The second-order valence-corrected chi connectivity index (χ2v) is 6.93. The predicted molar refractivity (Wildman–Crippen MR) is 87.3 cm³/mol. The van der Waals surface area contributed by atoms with Gasteiger partial charge in [-0.3, -0.25) is 4.90 Å². The minimum Gasteiger partial charge on any atom is -0.391 e. The highest BCUT2D eigenvalue weighted by molar-refractivity contribution is 5.27. The van der Waals surface area contributed by atoms with Gasteiger partial charge in [-0.05, 0) is 31.4 Å². The zero-order chi connectivity index (χ0) is 15.7. The molecule has 2 fully saturated rings. The number of likely N-dealkylation sites (N-methyl/N-ethyl adjacent to an activating group) is 1. The molecule has 22 heavy (non-hydrogen) atoms. The lowest BCUT2D eigenvalue weighted by Crippen LogP contribution is -2.54. The van der Waals surface area contributed by atoms with Crippen molar-refractivity contribution in [1.29, 1.82) is 5.26 Å². The molecule has 3 heteroatoms. The first-order valence-corrected chi connectivity index (χ1v) is 8.53. The molecule has 6 atom stereocenters. The number of benzene rings is 1. The van der Waals surface area contributed by atoms with E-state index in [1.807, 2.05) is 6.07 Å². The molecular formula is C19H26N2O. The van der Waals surface area contributed by atoms with Crippen LogP contribution >= 0.6 is 0 Å². The molecule has 2 heterocycles. The zero-order valence-electron chi connectivity index (χ0n) is 13.5. The molecule has 0 aromatic heterocycles. The van der Waals surface area contributed by atoms with E-state index in [4.69, 9.17) is 0 Å². The molecule has 0 spiro atoms. The highest BCUT2D eigenvalue weighted by atomic mass is 16.3. The van der Waals surface area contributed by atoms with Crippen molar-refractivity contribution in [3.63, 3.8) is 0 Å². The normalized spacial score (nSPS) is 37.9. The van der Waals surface area contributed by atoms with Crippen LogP contribution in [0.4, 0.5) is 0 Å². The first kappa shape index (κ1) is 15.5. The molecule has 0 saturated carbocycles. The Bertz CT molecular complexity index is 538. The molecule has 3 nitrogen and oxygen atoms in total. The molecule has 0 amide bonds. The predicted octanol–water partition coefficient (Wildman–Crippen LogP) is 3.16. The van der Waals surface area contributed by atoms with Crippen LogP contribution in [0.5, 0.6) is 0 Å². The van der Waals surface area contributed by atoms with Gasteiger partial charge in [-0.15, -0.1) is 0 Å². The molecule has 2 bridgehead atoms.